The number of aromatic nitrogens is 2. The van der Waals surface area contributed by atoms with Gasteiger partial charge in [-0.2, -0.15) is 0 Å². The van der Waals surface area contributed by atoms with Crippen LogP contribution in [0.1, 0.15) is 24.8 Å². The Morgan fingerprint density at radius 1 is 1.28 bits per heavy atom. The maximum atomic E-state index is 12.1. The Balaban J connectivity index is 2.09. The third-order valence-electron chi connectivity index (χ3n) is 5.20. The second kappa shape index (κ2) is 6.62. The Hall–Kier alpha value is -2.16. The van der Waals surface area contributed by atoms with Crippen LogP contribution in [0, 0.1) is 5.92 Å². The number of esters is 1. The predicted molar refractivity (Wildman–Crippen MR) is 92.8 cm³/mol. The van der Waals surface area contributed by atoms with E-state index in [1.165, 1.54) is 7.11 Å². The van der Waals surface area contributed by atoms with Gasteiger partial charge in [-0.1, -0.05) is 6.07 Å². The van der Waals surface area contributed by atoms with E-state index < -0.39 is 6.23 Å². The Kier molecular flexibility index (Phi) is 4.68. The second-order valence-corrected chi connectivity index (χ2v) is 6.64. The highest BCUT2D eigenvalue weighted by molar-refractivity contribution is 5.77. The minimum Gasteiger partial charge on any atom is -0.469 e. The number of rotatable bonds is 4. The Morgan fingerprint density at radius 3 is 2.56 bits per heavy atom. The molecule has 0 amide bonds. The number of hydrazine groups is 1. The number of hydrogen-bond acceptors (Lipinski definition) is 6. The molecule has 0 aliphatic carbocycles. The monoisotopic (exact) mass is 348 g/mol. The van der Waals surface area contributed by atoms with Crippen molar-refractivity contribution in [3.05, 3.63) is 34.2 Å². The van der Waals surface area contributed by atoms with Crippen molar-refractivity contribution < 1.29 is 14.6 Å². The van der Waals surface area contributed by atoms with Gasteiger partial charge in [-0.3, -0.25) is 19.4 Å². The summed E-state index contributed by atoms with van der Waals surface area (Å²) in [5.41, 5.74) is 8.23. The Morgan fingerprint density at radius 2 is 1.96 bits per heavy atom. The van der Waals surface area contributed by atoms with Crippen LogP contribution in [0.4, 0.5) is 0 Å². The number of aryl methyl sites for hydroxylation is 2. The molecular formula is C17H24N4O4. The van der Waals surface area contributed by atoms with Crippen LogP contribution in [-0.4, -0.2) is 39.6 Å². The summed E-state index contributed by atoms with van der Waals surface area (Å²) in [6.07, 6.45) is -0.627. The largest absolute Gasteiger partial charge is 0.469 e. The van der Waals surface area contributed by atoms with Crippen molar-refractivity contribution >= 4 is 17.0 Å². The van der Waals surface area contributed by atoms with Crippen molar-refractivity contribution in [1.29, 1.82) is 0 Å². The van der Waals surface area contributed by atoms with Crippen LogP contribution >= 0.6 is 0 Å². The van der Waals surface area contributed by atoms with E-state index in [1.807, 2.05) is 25.1 Å². The summed E-state index contributed by atoms with van der Waals surface area (Å²) in [5.74, 6) is -0.796. The van der Waals surface area contributed by atoms with Crippen molar-refractivity contribution in [1.82, 2.24) is 20.0 Å². The van der Waals surface area contributed by atoms with Crippen LogP contribution in [0.25, 0.3) is 11.0 Å². The molecule has 0 spiro atoms. The molecule has 1 aliphatic heterocycles. The lowest BCUT2D eigenvalue weighted by Gasteiger charge is -2.27. The van der Waals surface area contributed by atoms with Gasteiger partial charge in [-0.25, -0.2) is 10.2 Å². The summed E-state index contributed by atoms with van der Waals surface area (Å²) in [7, 11) is 4.81. The molecule has 3 N–H and O–H groups in total. The molecule has 25 heavy (non-hydrogen) atoms. The lowest BCUT2D eigenvalue weighted by Crippen LogP contribution is -2.33. The van der Waals surface area contributed by atoms with Crippen LogP contribution in [0.2, 0.25) is 0 Å². The minimum absolute atomic E-state index is 0.0278. The van der Waals surface area contributed by atoms with Crippen molar-refractivity contribution in [2.45, 2.75) is 31.5 Å². The van der Waals surface area contributed by atoms with Gasteiger partial charge in [-0.15, -0.1) is 0 Å². The SMILES string of the molecule is COC(=O)CC(c1ccc2c(c1)n(C)c(=O)n2C)C1C(C)NNC1O. The predicted octanol–water partition coefficient (Wildman–Crippen LogP) is -0.0454. The number of imidazole rings is 1. The molecule has 4 atom stereocenters. The highest BCUT2D eigenvalue weighted by Gasteiger charge is 2.39. The molecule has 2 aromatic rings. The zero-order chi connectivity index (χ0) is 18.3. The molecule has 1 aromatic heterocycles. The Bertz CT molecular complexity index is 846. The average Bonchev–Trinajstić information content (AvgIpc) is 3.05. The first-order valence-corrected chi connectivity index (χ1v) is 8.26. The number of carbonyl (C=O) groups excluding carboxylic acids is 1. The molecule has 136 valence electrons. The molecular weight excluding hydrogens is 324 g/mol. The van der Waals surface area contributed by atoms with E-state index in [0.29, 0.717) is 0 Å². The van der Waals surface area contributed by atoms with Crippen LogP contribution in [0.15, 0.2) is 23.0 Å². The quantitative estimate of drug-likeness (QED) is 0.671. The maximum Gasteiger partial charge on any atom is 0.328 e. The van der Waals surface area contributed by atoms with Gasteiger partial charge in [0.25, 0.3) is 0 Å². The van der Waals surface area contributed by atoms with Crippen molar-refractivity contribution in [3.63, 3.8) is 0 Å². The van der Waals surface area contributed by atoms with Crippen LogP contribution in [-0.2, 0) is 23.6 Å². The van der Waals surface area contributed by atoms with Gasteiger partial charge < -0.3 is 9.84 Å². The highest BCUT2D eigenvalue weighted by atomic mass is 16.5. The van der Waals surface area contributed by atoms with E-state index in [-0.39, 0.29) is 36.0 Å². The van der Waals surface area contributed by atoms with Crippen molar-refractivity contribution in [3.8, 4) is 0 Å². The fourth-order valence-electron chi connectivity index (χ4n) is 3.74. The second-order valence-electron chi connectivity index (χ2n) is 6.64. The van der Waals surface area contributed by atoms with Gasteiger partial charge >= 0.3 is 11.7 Å². The lowest BCUT2D eigenvalue weighted by atomic mass is 9.79. The molecule has 1 fully saturated rings. The molecule has 1 aliphatic rings. The van der Waals surface area contributed by atoms with Crippen molar-refractivity contribution in [2.75, 3.05) is 7.11 Å². The molecule has 1 saturated heterocycles. The Labute approximate surface area is 145 Å². The number of methoxy groups -OCH3 is 1. The van der Waals surface area contributed by atoms with Gasteiger partial charge in [0.05, 0.1) is 24.6 Å². The number of aliphatic hydroxyl groups excluding tert-OH is 1. The molecule has 0 bridgehead atoms. The first-order valence-electron chi connectivity index (χ1n) is 8.26. The fraction of sp³-hybridized carbons (Fsp3) is 0.529. The van der Waals surface area contributed by atoms with E-state index in [2.05, 4.69) is 10.9 Å². The summed E-state index contributed by atoms with van der Waals surface area (Å²) in [6.45, 7) is 1.95. The molecule has 0 saturated carbocycles. The van der Waals surface area contributed by atoms with Gasteiger partial charge in [0, 0.05) is 32.0 Å². The summed E-state index contributed by atoms with van der Waals surface area (Å²) < 4.78 is 8.02. The van der Waals surface area contributed by atoms with Gasteiger partial charge in [0.2, 0.25) is 0 Å². The van der Waals surface area contributed by atoms with E-state index in [1.54, 1.807) is 23.2 Å². The fourth-order valence-corrected chi connectivity index (χ4v) is 3.74. The van der Waals surface area contributed by atoms with Crippen LogP contribution < -0.4 is 16.5 Å². The standard InChI is InChI=1S/C17H24N4O4/c1-9-15(16(23)19-18-9)11(8-14(22)25-4)10-5-6-12-13(7-10)21(3)17(24)20(12)2/h5-7,9,11,15-16,18-19,23H,8H2,1-4H3. The number of hydrogen-bond donors (Lipinski definition) is 3. The summed E-state index contributed by atoms with van der Waals surface area (Å²) in [5, 5.41) is 10.3. The van der Waals surface area contributed by atoms with Gasteiger partial charge in [-0.05, 0) is 24.6 Å². The molecule has 4 unspecified atom stereocenters. The third-order valence-corrected chi connectivity index (χ3v) is 5.20. The zero-order valence-corrected chi connectivity index (χ0v) is 14.8. The average molecular weight is 348 g/mol. The molecule has 3 rings (SSSR count). The van der Waals surface area contributed by atoms with Gasteiger partial charge in [0.1, 0.15) is 6.23 Å². The summed E-state index contributed by atoms with van der Waals surface area (Å²) >= 11 is 0. The van der Waals surface area contributed by atoms with E-state index >= 15 is 0 Å². The number of nitrogens with zero attached hydrogens (tertiary/aromatic N) is 2. The topological polar surface area (TPSA) is 97.5 Å². The van der Waals surface area contributed by atoms with E-state index in [0.717, 1.165) is 16.6 Å². The molecule has 1 aromatic carbocycles. The first-order chi connectivity index (χ1) is 11.8. The number of nitrogens with one attached hydrogen (secondary N) is 2. The van der Waals surface area contributed by atoms with Gasteiger partial charge in [0.15, 0.2) is 0 Å². The van der Waals surface area contributed by atoms with Crippen molar-refractivity contribution in [2.24, 2.45) is 20.0 Å². The smallest absolute Gasteiger partial charge is 0.328 e. The first kappa shape index (κ1) is 17.7. The number of aliphatic hydroxyl groups is 1. The maximum absolute atomic E-state index is 12.1. The van der Waals surface area contributed by atoms with E-state index in [9.17, 15) is 14.7 Å². The normalized spacial score (nSPS) is 24.6. The number of carbonyl (C=O) groups is 1. The molecule has 2 heterocycles. The van der Waals surface area contributed by atoms with Crippen LogP contribution in [0.5, 0.6) is 0 Å². The number of fused-ring (bicyclic) bond motifs is 1. The number of benzene rings is 1. The zero-order valence-electron chi connectivity index (χ0n) is 14.8. The van der Waals surface area contributed by atoms with E-state index in [4.69, 9.17) is 4.74 Å². The van der Waals surface area contributed by atoms with Crippen LogP contribution in [0.3, 0.4) is 0 Å². The molecule has 8 heteroatoms. The number of ether oxygens (including phenoxy) is 1. The minimum atomic E-state index is -0.778. The summed E-state index contributed by atoms with van der Waals surface area (Å²) in [6, 6.07) is 5.68. The summed E-state index contributed by atoms with van der Waals surface area (Å²) in [4.78, 5) is 24.1. The lowest BCUT2D eigenvalue weighted by molar-refractivity contribution is -0.141. The molecule has 0 radical (unpaired) electrons. The highest BCUT2D eigenvalue weighted by Crippen LogP contribution is 2.35. The third kappa shape index (κ3) is 2.97. The molecule has 8 nitrogen and oxygen atoms in total.